The normalized spacial score (nSPS) is 16.9. The minimum Gasteiger partial charge on any atom is -0.497 e. The summed E-state index contributed by atoms with van der Waals surface area (Å²) in [7, 11) is -2.00. The number of sulfonamides is 1. The maximum atomic E-state index is 12.8. The van der Waals surface area contributed by atoms with Crippen molar-refractivity contribution >= 4 is 10.0 Å². The van der Waals surface area contributed by atoms with E-state index in [2.05, 4.69) is 4.72 Å². The SMILES string of the molecule is COc1ccc2c(c1)C[C@H](NS(=O)(=O)c1cc(C)c(C)cc1C)CO2. The lowest BCUT2D eigenvalue weighted by Crippen LogP contribution is -2.42. The minimum atomic E-state index is -3.61. The number of fused-ring (bicyclic) bond motifs is 1. The van der Waals surface area contributed by atoms with Crippen LogP contribution in [0.25, 0.3) is 0 Å². The molecular formula is C19H23NO4S. The van der Waals surface area contributed by atoms with Crippen molar-refractivity contribution in [2.24, 2.45) is 0 Å². The predicted octanol–water partition coefficient (Wildman–Crippen LogP) is 2.90. The maximum absolute atomic E-state index is 12.8. The van der Waals surface area contributed by atoms with Gasteiger partial charge in [-0.2, -0.15) is 0 Å². The van der Waals surface area contributed by atoms with Crippen LogP contribution < -0.4 is 14.2 Å². The standard InChI is InChI=1S/C19H23NO4S/c1-12-7-14(3)19(8-13(12)2)25(21,22)20-16-9-15-10-17(23-4)5-6-18(15)24-11-16/h5-8,10,16,20H,9,11H2,1-4H3/t16-/m0/s1. The fourth-order valence-electron chi connectivity index (χ4n) is 3.08. The van der Waals surface area contributed by atoms with Gasteiger partial charge in [-0.1, -0.05) is 6.07 Å². The van der Waals surface area contributed by atoms with Crippen LogP contribution in [0.1, 0.15) is 22.3 Å². The summed E-state index contributed by atoms with van der Waals surface area (Å²) in [5.41, 5.74) is 3.73. The molecule has 1 atom stereocenters. The van der Waals surface area contributed by atoms with Crippen molar-refractivity contribution in [3.05, 3.63) is 52.6 Å². The number of rotatable bonds is 4. The summed E-state index contributed by atoms with van der Waals surface area (Å²) in [4.78, 5) is 0.326. The molecule has 134 valence electrons. The number of ether oxygens (including phenoxy) is 2. The number of benzene rings is 2. The van der Waals surface area contributed by atoms with Crippen molar-refractivity contribution in [2.75, 3.05) is 13.7 Å². The summed E-state index contributed by atoms with van der Waals surface area (Å²) in [6.07, 6.45) is 0.565. The van der Waals surface area contributed by atoms with Gasteiger partial charge in [0.05, 0.1) is 18.0 Å². The van der Waals surface area contributed by atoms with Gasteiger partial charge in [-0.3, -0.25) is 0 Å². The average molecular weight is 361 g/mol. The minimum absolute atomic E-state index is 0.308. The Kier molecular flexibility index (Phi) is 4.75. The topological polar surface area (TPSA) is 64.6 Å². The second kappa shape index (κ2) is 6.69. The van der Waals surface area contributed by atoms with E-state index >= 15 is 0 Å². The Morgan fingerprint density at radius 2 is 1.80 bits per heavy atom. The van der Waals surface area contributed by atoms with Gasteiger partial charge in [-0.05, 0) is 73.7 Å². The molecular weight excluding hydrogens is 338 g/mol. The van der Waals surface area contributed by atoms with Crippen LogP contribution in [-0.2, 0) is 16.4 Å². The van der Waals surface area contributed by atoms with Gasteiger partial charge < -0.3 is 9.47 Å². The van der Waals surface area contributed by atoms with Crippen molar-refractivity contribution in [3.8, 4) is 11.5 Å². The molecule has 6 heteroatoms. The zero-order valence-corrected chi connectivity index (χ0v) is 15.7. The molecule has 0 saturated heterocycles. The van der Waals surface area contributed by atoms with E-state index in [9.17, 15) is 8.42 Å². The Labute approximate surface area is 149 Å². The Hall–Kier alpha value is -2.05. The number of hydrogen-bond donors (Lipinski definition) is 1. The molecule has 0 bridgehead atoms. The van der Waals surface area contributed by atoms with E-state index < -0.39 is 10.0 Å². The summed E-state index contributed by atoms with van der Waals surface area (Å²) in [6.45, 7) is 6.02. The quantitative estimate of drug-likeness (QED) is 0.909. The molecule has 25 heavy (non-hydrogen) atoms. The second-order valence-corrected chi connectivity index (χ2v) is 8.19. The van der Waals surface area contributed by atoms with E-state index in [1.165, 1.54) is 0 Å². The molecule has 0 saturated carbocycles. The molecule has 3 rings (SSSR count). The molecule has 1 aliphatic rings. The van der Waals surface area contributed by atoms with Crippen molar-refractivity contribution in [1.82, 2.24) is 4.72 Å². The Morgan fingerprint density at radius 1 is 1.08 bits per heavy atom. The summed E-state index contributed by atoms with van der Waals surface area (Å²) < 4.78 is 39.4. The highest BCUT2D eigenvalue weighted by Gasteiger charge is 2.27. The third-order valence-electron chi connectivity index (χ3n) is 4.58. The number of nitrogens with one attached hydrogen (secondary N) is 1. The van der Waals surface area contributed by atoms with Crippen LogP contribution in [-0.4, -0.2) is 28.2 Å². The highest BCUT2D eigenvalue weighted by atomic mass is 32.2. The van der Waals surface area contributed by atoms with Gasteiger partial charge in [0.2, 0.25) is 10.0 Å². The molecule has 0 aromatic heterocycles. The van der Waals surface area contributed by atoms with Crippen LogP contribution in [0.15, 0.2) is 35.2 Å². The predicted molar refractivity (Wildman–Crippen MR) is 97.0 cm³/mol. The van der Waals surface area contributed by atoms with E-state index in [0.29, 0.717) is 17.9 Å². The van der Waals surface area contributed by atoms with Gasteiger partial charge in [-0.25, -0.2) is 13.1 Å². The monoisotopic (exact) mass is 361 g/mol. The van der Waals surface area contributed by atoms with E-state index in [-0.39, 0.29) is 6.04 Å². The molecule has 5 nitrogen and oxygen atoms in total. The molecule has 0 amide bonds. The molecule has 0 spiro atoms. The molecule has 1 aliphatic heterocycles. The maximum Gasteiger partial charge on any atom is 0.241 e. The van der Waals surface area contributed by atoms with E-state index in [4.69, 9.17) is 9.47 Å². The lowest BCUT2D eigenvalue weighted by molar-refractivity contribution is 0.253. The molecule has 2 aromatic carbocycles. The highest BCUT2D eigenvalue weighted by Crippen LogP contribution is 2.29. The van der Waals surface area contributed by atoms with Crippen LogP contribution in [0.2, 0.25) is 0 Å². The molecule has 1 N–H and O–H groups in total. The molecule has 0 fully saturated rings. The Balaban J connectivity index is 1.83. The van der Waals surface area contributed by atoms with Crippen molar-refractivity contribution < 1.29 is 17.9 Å². The third-order valence-corrected chi connectivity index (χ3v) is 6.24. The van der Waals surface area contributed by atoms with Gasteiger partial charge in [0, 0.05) is 0 Å². The van der Waals surface area contributed by atoms with Crippen LogP contribution in [0.3, 0.4) is 0 Å². The number of aryl methyl sites for hydroxylation is 3. The zero-order chi connectivity index (χ0) is 18.2. The van der Waals surface area contributed by atoms with Crippen LogP contribution >= 0.6 is 0 Å². The van der Waals surface area contributed by atoms with Gasteiger partial charge in [0.25, 0.3) is 0 Å². The van der Waals surface area contributed by atoms with Gasteiger partial charge in [0.15, 0.2) is 0 Å². The molecule has 0 radical (unpaired) electrons. The summed E-state index contributed by atoms with van der Waals surface area (Å²) >= 11 is 0. The largest absolute Gasteiger partial charge is 0.497 e. The first-order chi connectivity index (χ1) is 11.8. The second-order valence-electron chi connectivity index (χ2n) is 6.51. The van der Waals surface area contributed by atoms with Crippen LogP contribution in [0.4, 0.5) is 0 Å². The fourth-order valence-corrected chi connectivity index (χ4v) is 4.61. The van der Waals surface area contributed by atoms with Gasteiger partial charge in [-0.15, -0.1) is 0 Å². The lowest BCUT2D eigenvalue weighted by Gasteiger charge is -2.26. The summed E-state index contributed by atoms with van der Waals surface area (Å²) in [6, 6.07) is 8.89. The first kappa shape index (κ1) is 17.8. The molecule has 0 aliphatic carbocycles. The zero-order valence-electron chi connectivity index (χ0n) is 14.9. The number of methoxy groups -OCH3 is 1. The summed E-state index contributed by atoms with van der Waals surface area (Å²) in [5, 5.41) is 0. The van der Waals surface area contributed by atoms with E-state index in [1.807, 2.05) is 45.0 Å². The first-order valence-corrected chi connectivity index (χ1v) is 9.68. The Bertz CT molecular complexity index is 906. The fraction of sp³-hybridized carbons (Fsp3) is 0.368. The van der Waals surface area contributed by atoms with E-state index in [0.717, 1.165) is 33.8 Å². The third kappa shape index (κ3) is 3.65. The van der Waals surface area contributed by atoms with Crippen molar-refractivity contribution in [2.45, 2.75) is 38.1 Å². The van der Waals surface area contributed by atoms with E-state index in [1.54, 1.807) is 13.2 Å². The Morgan fingerprint density at radius 3 is 2.52 bits per heavy atom. The summed E-state index contributed by atoms with van der Waals surface area (Å²) in [5.74, 6) is 1.51. The molecule has 2 aromatic rings. The lowest BCUT2D eigenvalue weighted by atomic mass is 10.0. The van der Waals surface area contributed by atoms with Gasteiger partial charge >= 0.3 is 0 Å². The van der Waals surface area contributed by atoms with Crippen molar-refractivity contribution in [1.29, 1.82) is 0 Å². The van der Waals surface area contributed by atoms with Crippen molar-refractivity contribution in [3.63, 3.8) is 0 Å². The van der Waals surface area contributed by atoms with Crippen LogP contribution in [0.5, 0.6) is 11.5 Å². The van der Waals surface area contributed by atoms with Crippen LogP contribution in [0, 0.1) is 20.8 Å². The smallest absolute Gasteiger partial charge is 0.241 e. The first-order valence-electron chi connectivity index (χ1n) is 8.20. The average Bonchev–Trinajstić information content (AvgIpc) is 2.56. The number of hydrogen-bond acceptors (Lipinski definition) is 4. The highest BCUT2D eigenvalue weighted by molar-refractivity contribution is 7.89. The van der Waals surface area contributed by atoms with Gasteiger partial charge in [0.1, 0.15) is 18.1 Å². The molecule has 0 unspecified atom stereocenters. The molecule has 1 heterocycles.